The van der Waals surface area contributed by atoms with Gasteiger partial charge in [-0.15, -0.1) is 0 Å². The molecular formula is C15H27NO3S. The molecule has 0 aromatic carbocycles. The van der Waals surface area contributed by atoms with Gasteiger partial charge in [-0.3, -0.25) is 4.79 Å². The second kappa shape index (κ2) is 6.04. The largest absolute Gasteiger partial charge is 0.342 e. The first-order chi connectivity index (χ1) is 9.32. The van der Waals surface area contributed by atoms with Gasteiger partial charge in [-0.1, -0.05) is 13.3 Å². The second-order valence-electron chi connectivity index (χ2n) is 6.69. The van der Waals surface area contributed by atoms with Crippen LogP contribution < -0.4 is 0 Å². The zero-order valence-electron chi connectivity index (χ0n) is 12.8. The molecule has 2 fully saturated rings. The van der Waals surface area contributed by atoms with Crippen LogP contribution >= 0.6 is 0 Å². The van der Waals surface area contributed by atoms with Crippen molar-refractivity contribution in [1.82, 2.24) is 4.90 Å². The first-order valence-electron chi connectivity index (χ1n) is 7.78. The van der Waals surface area contributed by atoms with Crippen molar-refractivity contribution in [3.05, 3.63) is 0 Å². The second-order valence-corrected chi connectivity index (χ2v) is 9.09. The molecule has 2 saturated carbocycles. The van der Waals surface area contributed by atoms with Gasteiger partial charge in [0.1, 0.15) is 0 Å². The van der Waals surface area contributed by atoms with Crippen molar-refractivity contribution < 1.29 is 13.2 Å². The van der Waals surface area contributed by atoms with E-state index in [-0.39, 0.29) is 23.5 Å². The lowest BCUT2D eigenvalue weighted by Crippen LogP contribution is -2.40. The van der Waals surface area contributed by atoms with Gasteiger partial charge < -0.3 is 4.90 Å². The van der Waals surface area contributed by atoms with Gasteiger partial charge in [0.05, 0.1) is 5.75 Å². The normalized spacial score (nSPS) is 30.4. The van der Waals surface area contributed by atoms with Gasteiger partial charge in [0.25, 0.3) is 0 Å². The molecule has 20 heavy (non-hydrogen) atoms. The monoisotopic (exact) mass is 301 g/mol. The predicted octanol–water partition coefficient (Wildman–Crippen LogP) is 2.09. The summed E-state index contributed by atoms with van der Waals surface area (Å²) >= 11 is 0. The van der Waals surface area contributed by atoms with Crippen LogP contribution in [0.1, 0.15) is 46.0 Å². The summed E-state index contributed by atoms with van der Waals surface area (Å²) in [5.41, 5.74) is 0. The lowest BCUT2D eigenvalue weighted by atomic mass is 9.86. The molecule has 0 aromatic heterocycles. The first kappa shape index (κ1) is 15.8. The first-order valence-corrected chi connectivity index (χ1v) is 9.60. The fourth-order valence-electron chi connectivity index (χ4n) is 3.84. The summed E-state index contributed by atoms with van der Waals surface area (Å²) in [4.78, 5) is 14.0. The Labute approximate surface area is 122 Å². The van der Waals surface area contributed by atoms with Gasteiger partial charge in [0.15, 0.2) is 9.84 Å². The van der Waals surface area contributed by atoms with Crippen molar-refractivity contribution in [2.24, 2.45) is 17.8 Å². The van der Waals surface area contributed by atoms with Gasteiger partial charge in [-0.25, -0.2) is 8.42 Å². The Morgan fingerprint density at radius 3 is 2.50 bits per heavy atom. The summed E-state index contributed by atoms with van der Waals surface area (Å²) in [6.45, 7) is 3.48. The fraction of sp³-hybridized carbons (Fsp3) is 0.933. The summed E-state index contributed by atoms with van der Waals surface area (Å²) in [5, 5.41) is 0. The smallest absolute Gasteiger partial charge is 0.222 e. The summed E-state index contributed by atoms with van der Waals surface area (Å²) in [6, 6.07) is -0.231. The summed E-state index contributed by atoms with van der Waals surface area (Å²) in [6.07, 6.45) is 5.74. The predicted molar refractivity (Wildman–Crippen MR) is 80.1 cm³/mol. The molecule has 2 bridgehead atoms. The summed E-state index contributed by atoms with van der Waals surface area (Å²) in [5.74, 6) is 2.46. The molecule has 0 unspecified atom stereocenters. The minimum absolute atomic E-state index is 0.0719. The molecule has 0 aliphatic heterocycles. The zero-order chi connectivity index (χ0) is 14.9. The Bertz CT molecular complexity index is 460. The molecular weight excluding hydrogens is 274 g/mol. The van der Waals surface area contributed by atoms with Crippen LogP contribution in [0, 0.1) is 17.8 Å². The lowest BCUT2D eigenvalue weighted by molar-refractivity contribution is -0.132. The van der Waals surface area contributed by atoms with Crippen molar-refractivity contribution in [3.63, 3.8) is 0 Å². The van der Waals surface area contributed by atoms with E-state index in [2.05, 4.69) is 0 Å². The minimum Gasteiger partial charge on any atom is -0.342 e. The number of hydrogen-bond donors (Lipinski definition) is 0. The van der Waals surface area contributed by atoms with Crippen LogP contribution in [0.4, 0.5) is 0 Å². The van der Waals surface area contributed by atoms with E-state index in [9.17, 15) is 13.2 Å². The van der Waals surface area contributed by atoms with Crippen molar-refractivity contribution in [1.29, 1.82) is 0 Å². The molecule has 2 rings (SSSR count). The molecule has 0 N–H and O–H groups in total. The van der Waals surface area contributed by atoms with E-state index in [1.54, 1.807) is 18.9 Å². The van der Waals surface area contributed by atoms with Crippen LogP contribution in [0.15, 0.2) is 0 Å². The molecule has 0 saturated heterocycles. The van der Waals surface area contributed by atoms with Crippen LogP contribution in [-0.2, 0) is 14.6 Å². The van der Waals surface area contributed by atoms with E-state index in [0.29, 0.717) is 12.3 Å². The Morgan fingerprint density at radius 1 is 1.30 bits per heavy atom. The van der Waals surface area contributed by atoms with Gasteiger partial charge in [0.2, 0.25) is 5.91 Å². The van der Waals surface area contributed by atoms with Crippen LogP contribution in [0.2, 0.25) is 0 Å². The third kappa shape index (κ3) is 3.54. The summed E-state index contributed by atoms with van der Waals surface area (Å²) < 4.78 is 23.3. The molecule has 2 aliphatic carbocycles. The highest BCUT2D eigenvalue weighted by molar-refractivity contribution is 7.91. The van der Waals surface area contributed by atoms with E-state index in [4.69, 9.17) is 0 Å². The number of sulfone groups is 1. The topological polar surface area (TPSA) is 54.5 Å². The molecule has 0 spiro atoms. The van der Waals surface area contributed by atoms with Crippen molar-refractivity contribution >= 4 is 15.7 Å². The maximum atomic E-state index is 12.3. The quantitative estimate of drug-likeness (QED) is 0.755. The Hall–Kier alpha value is -0.580. The number of rotatable bonds is 6. The Balaban J connectivity index is 1.85. The number of nitrogens with zero attached hydrogens (tertiary/aromatic N) is 1. The minimum atomic E-state index is -3.03. The molecule has 1 amide bonds. The molecule has 2 aliphatic rings. The van der Waals surface area contributed by atoms with E-state index in [1.165, 1.54) is 25.7 Å². The zero-order valence-corrected chi connectivity index (χ0v) is 13.7. The SMILES string of the molecule is CCS(=O)(=O)C[C@H](C)N(C)C(=O)C[C@H]1C[C@H]2CC[C@H]1C2. The maximum Gasteiger partial charge on any atom is 0.222 e. The van der Waals surface area contributed by atoms with Gasteiger partial charge >= 0.3 is 0 Å². The standard InChI is InChI=1S/C15H27NO3S/c1-4-20(18,19)10-11(2)16(3)15(17)9-14-8-12-5-6-13(14)7-12/h11-14H,4-10H2,1-3H3/t11-,12-,13-,14+/m0/s1. The van der Waals surface area contributed by atoms with Crippen molar-refractivity contribution in [2.45, 2.75) is 52.0 Å². The average molecular weight is 301 g/mol. The number of carbonyl (C=O) groups excluding carboxylic acids is 1. The highest BCUT2D eigenvalue weighted by atomic mass is 32.2. The molecule has 4 nitrogen and oxygen atoms in total. The molecule has 0 radical (unpaired) electrons. The number of fused-ring (bicyclic) bond motifs is 2. The molecule has 0 heterocycles. The van der Waals surface area contributed by atoms with Gasteiger partial charge in [0, 0.05) is 25.3 Å². The average Bonchev–Trinajstić information content (AvgIpc) is 2.99. The third-order valence-electron chi connectivity index (χ3n) is 5.31. The van der Waals surface area contributed by atoms with Crippen LogP contribution in [0.3, 0.4) is 0 Å². The third-order valence-corrected chi connectivity index (χ3v) is 7.18. The number of amides is 1. The van der Waals surface area contributed by atoms with E-state index in [1.807, 2.05) is 6.92 Å². The molecule has 5 heteroatoms. The highest BCUT2D eigenvalue weighted by Crippen LogP contribution is 2.49. The van der Waals surface area contributed by atoms with Gasteiger partial charge in [-0.2, -0.15) is 0 Å². The van der Waals surface area contributed by atoms with Crippen LogP contribution in [-0.4, -0.2) is 43.8 Å². The van der Waals surface area contributed by atoms with E-state index in [0.717, 1.165) is 11.8 Å². The van der Waals surface area contributed by atoms with Crippen LogP contribution in [0.25, 0.3) is 0 Å². The molecule has 4 atom stereocenters. The van der Waals surface area contributed by atoms with Gasteiger partial charge in [-0.05, 0) is 43.9 Å². The molecule has 116 valence electrons. The highest BCUT2D eigenvalue weighted by Gasteiger charge is 2.40. The Kier molecular flexibility index (Phi) is 4.77. The maximum absolute atomic E-state index is 12.3. The van der Waals surface area contributed by atoms with Crippen LogP contribution in [0.5, 0.6) is 0 Å². The van der Waals surface area contributed by atoms with Crippen molar-refractivity contribution in [2.75, 3.05) is 18.6 Å². The number of carbonyl (C=O) groups is 1. The Morgan fingerprint density at radius 2 is 2.00 bits per heavy atom. The van der Waals surface area contributed by atoms with E-state index >= 15 is 0 Å². The lowest BCUT2D eigenvalue weighted by Gasteiger charge is -2.28. The van der Waals surface area contributed by atoms with E-state index < -0.39 is 9.84 Å². The fourth-order valence-corrected chi connectivity index (χ4v) is 5.03. The number of hydrogen-bond acceptors (Lipinski definition) is 3. The molecule has 0 aromatic rings. The van der Waals surface area contributed by atoms with Crippen molar-refractivity contribution in [3.8, 4) is 0 Å². The summed E-state index contributed by atoms with van der Waals surface area (Å²) in [7, 11) is -1.29.